The summed E-state index contributed by atoms with van der Waals surface area (Å²) in [5.74, 6) is 1.41. The molecule has 1 aromatic heterocycles. The second-order valence-corrected chi connectivity index (χ2v) is 7.89. The molecule has 1 aliphatic heterocycles. The molecular formula is C26H26FN5O. The van der Waals surface area contributed by atoms with E-state index in [1.165, 1.54) is 12.1 Å². The number of ether oxygens (including phenoxy) is 1. The molecule has 168 valence electrons. The monoisotopic (exact) mass is 443 g/mol. The van der Waals surface area contributed by atoms with Gasteiger partial charge in [0.15, 0.2) is 0 Å². The van der Waals surface area contributed by atoms with Crippen LogP contribution < -0.4 is 15.4 Å². The Kier molecular flexibility index (Phi) is 6.84. The topological polar surface area (TPSA) is 82.9 Å². The zero-order valence-electron chi connectivity index (χ0n) is 18.7. The lowest BCUT2D eigenvalue weighted by molar-refractivity contribution is 0.362. The molecule has 0 saturated carbocycles. The SMILES string of the molecule is CCCc1c2nc(nc1C(C)c1ccc(F)cc1)Nc1ccc(C#N)c(c1)OC/C=C/CN2. The van der Waals surface area contributed by atoms with Crippen LogP contribution in [-0.2, 0) is 6.42 Å². The Bertz CT molecular complexity index is 1200. The zero-order valence-corrected chi connectivity index (χ0v) is 18.7. The van der Waals surface area contributed by atoms with Gasteiger partial charge in [0.2, 0.25) is 5.95 Å². The van der Waals surface area contributed by atoms with Crippen LogP contribution in [0.5, 0.6) is 5.75 Å². The molecular weight excluding hydrogens is 417 g/mol. The highest BCUT2D eigenvalue weighted by Gasteiger charge is 2.20. The van der Waals surface area contributed by atoms with Gasteiger partial charge >= 0.3 is 0 Å². The predicted octanol–water partition coefficient (Wildman–Crippen LogP) is 5.70. The average molecular weight is 444 g/mol. The highest BCUT2D eigenvalue weighted by Crippen LogP contribution is 2.32. The van der Waals surface area contributed by atoms with Crippen molar-refractivity contribution in [3.05, 3.63) is 82.8 Å². The Morgan fingerprint density at radius 3 is 2.73 bits per heavy atom. The molecule has 1 unspecified atom stereocenters. The Morgan fingerprint density at radius 1 is 1.15 bits per heavy atom. The van der Waals surface area contributed by atoms with E-state index in [1.54, 1.807) is 30.3 Å². The summed E-state index contributed by atoms with van der Waals surface area (Å²) in [7, 11) is 0. The smallest absolute Gasteiger partial charge is 0.229 e. The molecule has 0 fully saturated rings. The van der Waals surface area contributed by atoms with E-state index in [0.29, 0.717) is 30.4 Å². The van der Waals surface area contributed by atoms with Crippen LogP contribution in [0.15, 0.2) is 54.6 Å². The van der Waals surface area contributed by atoms with Gasteiger partial charge in [0.05, 0.1) is 11.3 Å². The first-order chi connectivity index (χ1) is 16.1. The quantitative estimate of drug-likeness (QED) is 0.504. The highest BCUT2D eigenvalue weighted by molar-refractivity contribution is 5.62. The van der Waals surface area contributed by atoms with E-state index in [2.05, 4.69) is 30.6 Å². The molecule has 1 atom stereocenters. The fourth-order valence-corrected chi connectivity index (χ4v) is 3.85. The molecule has 4 bridgehead atoms. The summed E-state index contributed by atoms with van der Waals surface area (Å²) in [5.41, 5.74) is 4.12. The Morgan fingerprint density at radius 2 is 1.97 bits per heavy atom. The van der Waals surface area contributed by atoms with Crippen LogP contribution in [0.4, 0.5) is 21.8 Å². The summed E-state index contributed by atoms with van der Waals surface area (Å²) in [4.78, 5) is 9.66. The summed E-state index contributed by atoms with van der Waals surface area (Å²) < 4.78 is 19.3. The average Bonchev–Trinajstić information content (AvgIpc) is 2.83. The summed E-state index contributed by atoms with van der Waals surface area (Å²) in [6.45, 7) is 5.13. The van der Waals surface area contributed by atoms with Crippen molar-refractivity contribution >= 4 is 17.5 Å². The summed E-state index contributed by atoms with van der Waals surface area (Å²) >= 11 is 0. The number of hydrogen-bond acceptors (Lipinski definition) is 6. The number of nitriles is 1. The molecule has 0 radical (unpaired) electrons. The maximum Gasteiger partial charge on any atom is 0.229 e. The molecule has 3 aromatic rings. The first-order valence-corrected chi connectivity index (χ1v) is 11.1. The minimum Gasteiger partial charge on any atom is -0.488 e. The molecule has 0 aliphatic carbocycles. The lowest BCUT2D eigenvalue weighted by atomic mass is 9.92. The summed E-state index contributed by atoms with van der Waals surface area (Å²) in [5, 5.41) is 16.1. The maximum absolute atomic E-state index is 13.5. The predicted molar refractivity (Wildman–Crippen MR) is 128 cm³/mol. The molecule has 33 heavy (non-hydrogen) atoms. The minimum atomic E-state index is -0.261. The zero-order chi connectivity index (χ0) is 23.2. The first-order valence-electron chi connectivity index (χ1n) is 11.1. The van der Waals surface area contributed by atoms with Crippen LogP contribution in [0.25, 0.3) is 0 Å². The van der Waals surface area contributed by atoms with Crippen molar-refractivity contribution in [3.63, 3.8) is 0 Å². The molecule has 0 saturated heterocycles. The van der Waals surface area contributed by atoms with Crippen LogP contribution in [-0.4, -0.2) is 23.1 Å². The van der Waals surface area contributed by atoms with Gasteiger partial charge in [0, 0.05) is 29.8 Å². The van der Waals surface area contributed by atoms with Crippen LogP contribution in [0.3, 0.4) is 0 Å². The summed E-state index contributed by atoms with van der Waals surface area (Å²) in [6, 6.07) is 14.0. The van der Waals surface area contributed by atoms with Crippen molar-refractivity contribution in [1.82, 2.24) is 9.97 Å². The number of aromatic nitrogens is 2. The third-order valence-electron chi connectivity index (χ3n) is 5.57. The van der Waals surface area contributed by atoms with Crippen molar-refractivity contribution in [1.29, 1.82) is 5.26 Å². The first kappa shape index (κ1) is 22.3. The van der Waals surface area contributed by atoms with Crippen LogP contribution in [0.2, 0.25) is 0 Å². The van der Waals surface area contributed by atoms with Gasteiger partial charge < -0.3 is 15.4 Å². The number of benzene rings is 2. The lowest BCUT2D eigenvalue weighted by Crippen LogP contribution is -2.14. The number of rotatable bonds is 4. The Labute approximate surface area is 193 Å². The minimum absolute atomic E-state index is 0.0534. The van der Waals surface area contributed by atoms with E-state index in [1.807, 2.05) is 12.2 Å². The number of hydrogen-bond donors (Lipinski definition) is 2. The van der Waals surface area contributed by atoms with E-state index < -0.39 is 0 Å². The van der Waals surface area contributed by atoms with E-state index >= 15 is 0 Å². The Balaban J connectivity index is 1.82. The van der Waals surface area contributed by atoms with Gasteiger partial charge in [0.1, 0.15) is 30.1 Å². The number of anilines is 3. The van der Waals surface area contributed by atoms with Crippen molar-refractivity contribution in [3.8, 4) is 11.8 Å². The second-order valence-electron chi connectivity index (χ2n) is 7.89. The molecule has 0 spiro atoms. The van der Waals surface area contributed by atoms with Crippen LogP contribution in [0, 0.1) is 17.1 Å². The number of nitrogens with one attached hydrogen (secondary N) is 2. The normalized spacial score (nSPS) is 14.7. The van der Waals surface area contributed by atoms with Gasteiger partial charge in [-0.2, -0.15) is 10.2 Å². The number of nitrogens with zero attached hydrogens (tertiary/aromatic N) is 3. The second kappa shape index (κ2) is 10.1. The maximum atomic E-state index is 13.5. The van der Waals surface area contributed by atoms with Crippen molar-refractivity contribution < 1.29 is 9.13 Å². The Hall–Kier alpha value is -3.92. The van der Waals surface area contributed by atoms with E-state index in [4.69, 9.17) is 14.7 Å². The molecule has 2 N–H and O–H groups in total. The van der Waals surface area contributed by atoms with Gasteiger partial charge in [-0.05, 0) is 42.3 Å². The molecule has 7 heteroatoms. The van der Waals surface area contributed by atoms with Gasteiger partial charge in [-0.15, -0.1) is 0 Å². The van der Waals surface area contributed by atoms with Crippen molar-refractivity contribution in [2.75, 3.05) is 23.8 Å². The van der Waals surface area contributed by atoms with Gasteiger partial charge in [-0.1, -0.05) is 38.5 Å². The fraction of sp³-hybridized carbons (Fsp3) is 0.269. The van der Waals surface area contributed by atoms with Crippen LogP contribution >= 0.6 is 0 Å². The molecule has 1 aliphatic rings. The van der Waals surface area contributed by atoms with Crippen molar-refractivity contribution in [2.45, 2.75) is 32.6 Å². The number of fused-ring (bicyclic) bond motifs is 4. The van der Waals surface area contributed by atoms with Crippen molar-refractivity contribution in [2.24, 2.45) is 0 Å². The third kappa shape index (κ3) is 5.12. The third-order valence-corrected chi connectivity index (χ3v) is 5.57. The van der Waals surface area contributed by atoms with E-state index in [9.17, 15) is 9.65 Å². The molecule has 0 amide bonds. The summed E-state index contributed by atoms with van der Waals surface area (Å²) in [6.07, 6.45) is 5.64. The standard InChI is InChI=1S/C26H26FN5O/c1-3-6-22-24(17(2)18-7-10-20(27)11-8-18)31-26-30-21-12-9-19(16-28)23(15-21)33-14-5-4-13-29-25(22)32-26/h4-5,7-12,15,17H,3,6,13-14H2,1-2H3,(H2,29,30,31,32)/b5-4+. The van der Waals surface area contributed by atoms with Gasteiger partial charge in [-0.25, -0.2) is 9.37 Å². The fourth-order valence-electron chi connectivity index (χ4n) is 3.85. The van der Waals surface area contributed by atoms with Gasteiger partial charge in [0.25, 0.3) is 0 Å². The molecule has 2 aromatic carbocycles. The number of halogens is 1. The highest BCUT2D eigenvalue weighted by atomic mass is 19.1. The largest absolute Gasteiger partial charge is 0.488 e. The van der Waals surface area contributed by atoms with E-state index in [0.717, 1.165) is 41.2 Å². The molecule has 4 rings (SSSR count). The molecule has 6 nitrogen and oxygen atoms in total. The lowest BCUT2D eigenvalue weighted by Gasteiger charge is -2.20. The molecule has 2 heterocycles. The van der Waals surface area contributed by atoms with Crippen LogP contribution in [0.1, 0.15) is 48.6 Å². The van der Waals surface area contributed by atoms with E-state index in [-0.39, 0.29) is 11.7 Å². The van der Waals surface area contributed by atoms with Gasteiger partial charge in [-0.3, -0.25) is 0 Å².